The van der Waals surface area contributed by atoms with Crippen LogP contribution in [0.25, 0.3) is 0 Å². The maximum Gasteiger partial charge on any atom is 0.221 e. The van der Waals surface area contributed by atoms with Crippen molar-refractivity contribution in [3.63, 3.8) is 0 Å². The van der Waals surface area contributed by atoms with E-state index in [0.29, 0.717) is 0 Å². The summed E-state index contributed by atoms with van der Waals surface area (Å²) in [6.07, 6.45) is 0. The summed E-state index contributed by atoms with van der Waals surface area (Å²) in [4.78, 5) is 22.7. The largest absolute Gasteiger partial charge is 0.290 e. The number of rotatable bonds is 0. The number of alkyl halides is 4. The number of ketones is 2. The molecule has 0 N–H and O–H groups in total. The second-order valence-electron chi connectivity index (χ2n) is 2.43. The van der Waals surface area contributed by atoms with Crippen LogP contribution in [0.1, 0.15) is 0 Å². The molecule has 2 nitrogen and oxygen atoms in total. The molecule has 0 unspecified atom stereocenters. The Bertz CT molecular complexity index is 321. The topological polar surface area (TPSA) is 34.1 Å². The Labute approximate surface area is 109 Å². The third-order valence-corrected chi connectivity index (χ3v) is 4.58. The number of carbonyl (C=O) groups is 2. The first-order valence-corrected chi connectivity index (χ1v) is 5.31. The fourth-order valence-corrected chi connectivity index (χ4v) is 2.13. The van der Waals surface area contributed by atoms with Crippen LogP contribution in [0.2, 0.25) is 0 Å². The zero-order chi connectivity index (χ0) is 11.3. The smallest absolute Gasteiger partial charge is 0.221 e. The van der Waals surface area contributed by atoms with Crippen molar-refractivity contribution >= 4 is 81.2 Å². The van der Waals surface area contributed by atoms with Gasteiger partial charge in [0.1, 0.15) is 10.1 Å². The van der Waals surface area contributed by atoms with Gasteiger partial charge in [0.15, 0.2) is 0 Å². The summed E-state index contributed by atoms with van der Waals surface area (Å²) in [5.41, 5.74) is 0. The maximum atomic E-state index is 11.4. The van der Waals surface area contributed by atoms with E-state index < -0.39 is 30.3 Å². The highest BCUT2D eigenvalue weighted by Gasteiger charge is 2.62. The van der Waals surface area contributed by atoms with Gasteiger partial charge >= 0.3 is 0 Å². The quantitative estimate of drug-likeness (QED) is 0.643. The highest BCUT2D eigenvalue weighted by Crippen LogP contribution is 2.51. The molecule has 0 aromatic rings. The van der Waals surface area contributed by atoms with E-state index in [2.05, 4.69) is 0 Å². The lowest BCUT2D eigenvalue weighted by Gasteiger charge is -2.33. The Morgan fingerprint density at radius 2 is 0.929 bits per heavy atom. The molecule has 0 bridgehead atoms. The minimum Gasteiger partial charge on any atom is -0.290 e. The Kier molecular flexibility index (Phi) is 3.39. The standard InChI is InChI=1S/C6Cl6O2/c7-1-2(8)4(14)6(11,12)5(9,10)3(1)13. The van der Waals surface area contributed by atoms with Crippen LogP contribution < -0.4 is 0 Å². The molecule has 0 atom stereocenters. The Morgan fingerprint density at radius 1 is 0.714 bits per heavy atom. The second kappa shape index (κ2) is 3.69. The molecule has 0 amide bonds. The van der Waals surface area contributed by atoms with Crippen molar-refractivity contribution in [1.29, 1.82) is 0 Å². The first kappa shape index (κ1) is 12.9. The van der Waals surface area contributed by atoms with Crippen molar-refractivity contribution < 1.29 is 9.59 Å². The van der Waals surface area contributed by atoms with Crippen molar-refractivity contribution in [3.8, 4) is 0 Å². The van der Waals surface area contributed by atoms with E-state index in [1.165, 1.54) is 0 Å². The summed E-state index contributed by atoms with van der Waals surface area (Å²) in [5.74, 6) is -2.01. The van der Waals surface area contributed by atoms with Gasteiger partial charge in [0.05, 0.1) is 0 Å². The van der Waals surface area contributed by atoms with Gasteiger partial charge in [-0.2, -0.15) is 0 Å². The third-order valence-electron chi connectivity index (χ3n) is 1.56. The average molecular weight is 317 g/mol. The normalized spacial score (nSPS) is 25.6. The zero-order valence-electron chi connectivity index (χ0n) is 6.08. The molecule has 0 saturated heterocycles. The molecule has 0 fully saturated rings. The highest BCUT2D eigenvalue weighted by atomic mass is 35.5. The van der Waals surface area contributed by atoms with Crippen LogP contribution >= 0.6 is 69.6 Å². The molecule has 1 rings (SSSR count). The van der Waals surface area contributed by atoms with Crippen molar-refractivity contribution in [2.24, 2.45) is 0 Å². The van der Waals surface area contributed by atoms with Gasteiger partial charge in [-0.15, -0.1) is 0 Å². The summed E-state index contributed by atoms with van der Waals surface area (Å²) >= 11 is 32.9. The Balaban J connectivity index is 3.47. The fourth-order valence-electron chi connectivity index (χ4n) is 0.760. The number of hydrogen-bond donors (Lipinski definition) is 0. The first-order chi connectivity index (χ1) is 6.14. The lowest BCUT2D eigenvalue weighted by atomic mass is 10.0. The maximum absolute atomic E-state index is 11.4. The van der Waals surface area contributed by atoms with Crippen LogP contribution in [-0.2, 0) is 9.59 Å². The first-order valence-electron chi connectivity index (χ1n) is 3.04. The summed E-state index contributed by atoms with van der Waals surface area (Å²) in [5, 5.41) is -1.14. The van der Waals surface area contributed by atoms with E-state index in [-0.39, 0.29) is 0 Å². The molecule has 8 heteroatoms. The highest BCUT2D eigenvalue weighted by molar-refractivity contribution is 6.81. The van der Waals surface area contributed by atoms with Gasteiger partial charge < -0.3 is 0 Å². The van der Waals surface area contributed by atoms with Gasteiger partial charge in [0, 0.05) is 0 Å². The van der Waals surface area contributed by atoms with E-state index in [9.17, 15) is 9.59 Å². The molecule has 1 aliphatic carbocycles. The monoisotopic (exact) mass is 314 g/mol. The molecule has 0 aliphatic heterocycles. The predicted octanol–water partition coefficient (Wildman–Crippen LogP) is 3.18. The molecule has 78 valence electrons. The lowest BCUT2D eigenvalue weighted by molar-refractivity contribution is -0.122. The van der Waals surface area contributed by atoms with E-state index in [4.69, 9.17) is 69.6 Å². The number of halogens is 6. The van der Waals surface area contributed by atoms with Crippen molar-refractivity contribution in [3.05, 3.63) is 10.1 Å². The minimum atomic E-state index is -2.33. The minimum absolute atomic E-state index is 0.571. The van der Waals surface area contributed by atoms with Gasteiger partial charge in [-0.25, -0.2) is 0 Å². The van der Waals surface area contributed by atoms with Crippen LogP contribution in [0, 0.1) is 0 Å². The molecular weight excluding hydrogens is 317 g/mol. The van der Waals surface area contributed by atoms with Crippen LogP contribution in [0.15, 0.2) is 10.1 Å². The molecule has 0 aromatic carbocycles. The lowest BCUT2D eigenvalue weighted by Crippen LogP contribution is -2.52. The molecular formula is C6Cl6O2. The van der Waals surface area contributed by atoms with Gasteiger partial charge in [-0.05, 0) is 0 Å². The fraction of sp³-hybridized carbons (Fsp3) is 0.333. The molecule has 0 aromatic heterocycles. The van der Waals surface area contributed by atoms with Crippen LogP contribution in [0.3, 0.4) is 0 Å². The SMILES string of the molecule is O=C1C(Cl)=C(Cl)C(=O)C(Cl)(Cl)C1(Cl)Cl. The molecule has 0 saturated carbocycles. The number of Topliss-reactive ketones (excluding diaryl/α,β-unsaturated/α-hetero) is 2. The van der Waals surface area contributed by atoms with Gasteiger partial charge in [0.2, 0.25) is 20.2 Å². The predicted molar refractivity (Wildman–Crippen MR) is 57.6 cm³/mol. The Hall–Kier alpha value is 0.820. The summed E-state index contributed by atoms with van der Waals surface area (Å²) in [6.45, 7) is 0. The average Bonchev–Trinajstić information content (AvgIpc) is 2.10. The van der Waals surface area contributed by atoms with E-state index in [1.54, 1.807) is 0 Å². The van der Waals surface area contributed by atoms with Crippen molar-refractivity contribution in [2.45, 2.75) is 8.67 Å². The third kappa shape index (κ3) is 1.57. The number of carbonyl (C=O) groups excluding carboxylic acids is 2. The second-order valence-corrected chi connectivity index (χ2v) is 5.85. The zero-order valence-corrected chi connectivity index (χ0v) is 10.6. The van der Waals surface area contributed by atoms with Crippen LogP contribution in [0.5, 0.6) is 0 Å². The Morgan fingerprint density at radius 3 is 1.14 bits per heavy atom. The summed E-state index contributed by atoms with van der Waals surface area (Å²) in [7, 11) is 0. The molecule has 0 spiro atoms. The van der Waals surface area contributed by atoms with E-state index in [1.807, 2.05) is 0 Å². The summed E-state index contributed by atoms with van der Waals surface area (Å²) < 4.78 is -4.66. The van der Waals surface area contributed by atoms with Gasteiger partial charge in [0.25, 0.3) is 0 Å². The van der Waals surface area contributed by atoms with Gasteiger partial charge in [-0.3, -0.25) is 9.59 Å². The van der Waals surface area contributed by atoms with Crippen molar-refractivity contribution in [1.82, 2.24) is 0 Å². The van der Waals surface area contributed by atoms with Crippen LogP contribution in [-0.4, -0.2) is 20.2 Å². The van der Waals surface area contributed by atoms with Crippen LogP contribution in [0.4, 0.5) is 0 Å². The summed E-state index contributed by atoms with van der Waals surface area (Å²) in [6, 6.07) is 0. The van der Waals surface area contributed by atoms with E-state index in [0.717, 1.165) is 0 Å². The number of allylic oxidation sites excluding steroid dienone is 2. The van der Waals surface area contributed by atoms with Gasteiger partial charge in [-0.1, -0.05) is 69.6 Å². The molecule has 0 radical (unpaired) electrons. The molecule has 1 aliphatic rings. The van der Waals surface area contributed by atoms with E-state index >= 15 is 0 Å². The molecule has 0 heterocycles. The number of hydrogen-bond acceptors (Lipinski definition) is 2. The molecule has 14 heavy (non-hydrogen) atoms. The van der Waals surface area contributed by atoms with Crippen molar-refractivity contribution in [2.75, 3.05) is 0 Å².